The molecule has 0 saturated heterocycles. The molecular formula is C21H23N7S. The summed E-state index contributed by atoms with van der Waals surface area (Å²) in [5.41, 5.74) is 3.42. The van der Waals surface area contributed by atoms with Crippen molar-refractivity contribution in [2.75, 3.05) is 6.26 Å². The second-order valence-electron chi connectivity index (χ2n) is 7.14. The van der Waals surface area contributed by atoms with E-state index in [1.807, 2.05) is 24.6 Å². The fourth-order valence-corrected chi connectivity index (χ4v) is 4.04. The van der Waals surface area contributed by atoms with Crippen molar-refractivity contribution >= 4 is 33.8 Å². The Bertz CT molecular complexity index is 1130. The van der Waals surface area contributed by atoms with Crippen LogP contribution < -0.4 is 0 Å². The fraction of sp³-hybridized carbons (Fsp3) is 0.381. The van der Waals surface area contributed by atoms with Gasteiger partial charge in [0.25, 0.3) is 0 Å². The predicted molar refractivity (Wildman–Crippen MR) is 115 cm³/mol. The lowest BCUT2D eigenvalue weighted by Crippen LogP contribution is -2.04. The van der Waals surface area contributed by atoms with Crippen LogP contribution in [0.5, 0.6) is 0 Å². The van der Waals surface area contributed by atoms with E-state index >= 15 is 0 Å². The van der Waals surface area contributed by atoms with Crippen LogP contribution >= 0.6 is 11.8 Å². The zero-order chi connectivity index (χ0) is 20.1. The largest absolute Gasteiger partial charge is 0.346 e. The Morgan fingerprint density at radius 1 is 1.17 bits per heavy atom. The third-order valence-electron chi connectivity index (χ3n) is 5.20. The molecule has 148 valence electrons. The molecule has 1 fully saturated rings. The Labute approximate surface area is 173 Å². The maximum atomic E-state index is 8.37. The molecule has 0 amide bonds. The van der Waals surface area contributed by atoms with Crippen LogP contribution in [0.25, 0.3) is 33.6 Å². The number of aromatic amines is 2. The number of aromatic nitrogens is 6. The van der Waals surface area contributed by atoms with Gasteiger partial charge in [0.1, 0.15) is 16.9 Å². The highest BCUT2D eigenvalue weighted by Crippen LogP contribution is 2.26. The number of nitrogens with one attached hydrogen (secondary N) is 2. The van der Waals surface area contributed by atoms with Crippen LogP contribution in [0, 0.1) is 17.2 Å². The monoisotopic (exact) mass is 405 g/mol. The average molecular weight is 406 g/mol. The van der Waals surface area contributed by atoms with Gasteiger partial charge in [-0.15, -0.1) is 0 Å². The van der Waals surface area contributed by atoms with E-state index in [2.05, 4.69) is 36.0 Å². The molecule has 29 heavy (non-hydrogen) atoms. The fourth-order valence-electron chi connectivity index (χ4n) is 3.69. The second-order valence-corrected chi connectivity index (χ2v) is 7.91. The number of hydrogen-bond donors (Lipinski definition) is 2. The summed E-state index contributed by atoms with van der Waals surface area (Å²) in [6.45, 7) is 0. The van der Waals surface area contributed by atoms with E-state index in [9.17, 15) is 0 Å². The first-order valence-corrected chi connectivity index (χ1v) is 11.1. The molecule has 5 rings (SSSR count). The molecule has 4 aromatic heterocycles. The first kappa shape index (κ1) is 19.4. The minimum atomic E-state index is 0.730. The van der Waals surface area contributed by atoms with Gasteiger partial charge in [-0.1, -0.05) is 31.0 Å². The van der Waals surface area contributed by atoms with Crippen LogP contribution in [-0.2, 0) is 0 Å². The predicted octanol–water partition coefficient (Wildman–Crippen LogP) is 5.10. The summed E-state index contributed by atoms with van der Waals surface area (Å²) in [4.78, 5) is 24.0. The number of H-pyrrole nitrogens is 2. The SMILES string of the molecule is CSc1nccc(-c2nc3c(cnc4[nH]ccc43)[nH]2)n1.N#CCC1CCCCC1. The van der Waals surface area contributed by atoms with Crippen LogP contribution in [0.2, 0.25) is 0 Å². The van der Waals surface area contributed by atoms with Crippen molar-refractivity contribution in [3.63, 3.8) is 0 Å². The molecular weight excluding hydrogens is 382 g/mol. The topological polar surface area (TPSA) is 107 Å². The smallest absolute Gasteiger partial charge is 0.187 e. The summed E-state index contributed by atoms with van der Waals surface area (Å²) in [5, 5.41) is 10.1. The van der Waals surface area contributed by atoms with Gasteiger partial charge < -0.3 is 9.97 Å². The van der Waals surface area contributed by atoms with Gasteiger partial charge in [-0.05, 0) is 37.1 Å². The van der Waals surface area contributed by atoms with E-state index in [1.165, 1.54) is 43.9 Å². The summed E-state index contributed by atoms with van der Waals surface area (Å²) in [6, 6.07) is 6.06. The highest BCUT2D eigenvalue weighted by molar-refractivity contribution is 7.98. The molecule has 1 aliphatic carbocycles. The van der Waals surface area contributed by atoms with Gasteiger partial charge in [0.05, 0.1) is 17.8 Å². The molecule has 4 heterocycles. The minimum absolute atomic E-state index is 0.730. The molecule has 0 atom stereocenters. The Balaban J connectivity index is 0.000000192. The zero-order valence-electron chi connectivity index (χ0n) is 16.4. The van der Waals surface area contributed by atoms with Crippen LogP contribution in [0.4, 0.5) is 0 Å². The summed E-state index contributed by atoms with van der Waals surface area (Å²) >= 11 is 1.51. The van der Waals surface area contributed by atoms with Gasteiger partial charge >= 0.3 is 0 Å². The normalized spacial score (nSPS) is 14.5. The maximum absolute atomic E-state index is 8.37. The van der Waals surface area contributed by atoms with Crippen molar-refractivity contribution < 1.29 is 0 Å². The van der Waals surface area contributed by atoms with Crippen molar-refractivity contribution in [1.29, 1.82) is 5.26 Å². The lowest BCUT2D eigenvalue weighted by atomic mass is 9.87. The highest BCUT2D eigenvalue weighted by atomic mass is 32.2. The number of pyridine rings is 1. The third-order valence-corrected chi connectivity index (χ3v) is 5.76. The number of rotatable bonds is 3. The molecule has 0 aliphatic heterocycles. The molecule has 0 aromatic carbocycles. The quantitative estimate of drug-likeness (QED) is 0.363. The molecule has 1 saturated carbocycles. The van der Waals surface area contributed by atoms with Crippen LogP contribution in [0.3, 0.4) is 0 Å². The molecule has 0 unspecified atom stereocenters. The molecule has 7 nitrogen and oxygen atoms in total. The molecule has 2 N–H and O–H groups in total. The number of nitrogens with zero attached hydrogens (tertiary/aromatic N) is 5. The molecule has 4 aromatic rings. The van der Waals surface area contributed by atoms with Gasteiger partial charge in [0, 0.05) is 24.2 Å². The summed E-state index contributed by atoms with van der Waals surface area (Å²) < 4.78 is 0. The number of fused-ring (bicyclic) bond motifs is 3. The standard InChI is InChI=1S/C13H10N6S.C8H13N/c1-20-13-15-5-3-8(18-13)12-17-9-6-16-11-7(2-4-14-11)10(9)19-12;9-7-6-8-4-2-1-3-5-8/h2-6H,1H3,(H,14,16)(H,17,19);8H,1-6H2. The van der Waals surface area contributed by atoms with Gasteiger partial charge in [-0.3, -0.25) is 0 Å². The van der Waals surface area contributed by atoms with Crippen molar-refractivity contribution in [3.8, 4) is 17.6 Å². The van der Waals surface area contributed by atoms with Crippen LogP contribution in [0.1, 0.15) is 38.5 Å². The second kappa shape index (κ2) is 9.05. The molecule has 1 aliphatic rings. The van der Waals surface area contributed by atoms with E-state index in [4.69, 9.17) is 5.26 Å². The Kier molecular flexibility index (Phi) is 6.06. The number of thioether (sulfide) groups is 1. The number of nitriles is 1. The lowest BCUT2D eigenvalue weighted by Gasteiger charge is -2.17. The lowest BCUT2D eigenvalue weighted by molar-refractivity contribution is 0.364. The molecule has 0 spiro atoms. The van der Waals surface area contributed by atoms with E-state index in [-0.39, 0.29) is 0 Å². The van der Waals surface area contributed by atoms with Crippen molar-refractivity contribution in [2.45, 2.75) is 43.7 Å². The van der Waals surface area contributed by atoms with Crippen LogP contribution in [0.15, 0.2) is 35.9 Å². The average Bonchev–Trinajstić information content (AvgIpc) is 3.42. The Hall–Kier alpha value is -2.92. The van der Waals surface area contributed by atoms with Crippen molar-refractivity contribution in [3.05, 3.63) is 30.7 Å². The Morgan fingerprint density at radius 2 is 2.03 bits per heavy atom. The number of hydrogen-bond acceptors (Lipinski definition) is 6. The van der Waals surface area contributed by atoms with Crippen LogP contribution in [-0.4, -0.2) is 36.2 Å². The van der Waals surface area contributed by atoms with Gasteiger partial charge in [0.15, 0.2) is 11.0 Å². The van der Waals surface area contributed by atoms with E-state index in [0.717, 1.165) is 51.1 Å². The van der Waals surface area contributed by atoms with Crippen molar-refractivity contribution in [2.24, 2.45) is 5.92 Å². The van der Waals surface area contributed by atoms with Gasteiger partial charge in [-0.25, -0.2) is 19.9 Å². The van der Waals surface area contributed by atoms with Crippen molar-refractivity contribution in [1.82, 2.24) is 29.9 Å². The van der Waals surface area contributed by atoms with Gasteiger partial charge in [-0.2, -0.15) is 5.26 Å². The maximum Gasteiger partial charge on any atom is 0.187 e. The van der Waals surface area contributed by atoms with E-state index in [0.29, 0.717) is 0 Å². The zero-order valence-corrected chi connectivity index (χ0v) is 17.2. The van der Waals surface area contributed by atoms with E-state index in [1.54, 1.807) is 12.4 Å². The highest BCUT2D eigenvalue weighted by Gasteiger charge is 2.12. The molecule has 0 bridgehead atoms. The first-order valence-electron chi connectivity index (χ1n) is 9.84. The summed E-state index contributed by atoms with van der Waals surface area (Å²) in [7, 11) is 0. The minimum Gasteiger partial charge on any atom is -0.346 e. The summed E-state index contributed by atoms with van der Waals surface area (Å²) in [5.74, 6) is 1.47. The first-order chi connectivity index (χ1) is 14.3. The summed E-state index contributed by atoms with van der Waals surface area (Å²) in [6.07, 6.45) is 14.8. The third kappa shape index (κ3) is 4.40. The molecule has 0 radical (unpaired) electrons. The Morgan fingerprint density at radius 3 is 2.83 bits per heavy atom. The van der Waals surface area contributed by atoms with E-state index < -0.39 is 0 Å². The molecule has 8 heteroatoms. The van der Waals surface area contributed by atoms with Gasteiger partial charge in [0.2, 0.25) is 0 Å². The number of imidazole rings is 1.